The van der Waals surface area contributed by atoms with Crippen LogP contribution < -0.4 is 10.6 Å². The number of anilines is 1. The highest BCUT2D eigenvalue weighted by Crippen LogP contribution is 2.34. The van der Waals surface area contributed by atoms with Crippen molar-refractivity contribution >= 4 is 34.5 Å². The second-order valence-corrected chi connectivity index (χ2v) is 7.27. The van der Waals surface area contributed by atoms with E-state index in [1.807, 2.05) is 32.0 Å². The quantitative estimate of drug-likeness (QED) is 0.912. The normalized spacial score (nSPS) is 16.2. The summed E-state index contributed by atoms with van der Waals surface area (Å²) in [5, 5.41) is 6.38. The van der Waals surface area contributed by atoms with E-state index in [0.717, 1.165) is 21.7 Å². The summed E-state index contributed by atoms with van der Waals surface area (Å²) in [6.07, 6.45) is 1.78. The minimum atomic E-state index is -0.501. The van der Waals surface area contributed by atoms with Gasteiger partial charge >= 0.3 is 0 Å². The Kier molecular flexibility index (Phi) is 3.63. The van der Waals surface area contributed by atoms with Gasteiger partial charge in [-0.25, -0.2) is 4.98 Å². The summed E-state index contributed by atoms with van der Waals surface area (Å²) in [4.78, 5) is 17.1. The Morgan fingerprint density at radius 3 is 3.00 bits per heavy atom. The van der Waals surface area contributed by atoms with Crippen molar-refractivity contribution in [2.24, 2.45) is 0 Å². The van der Waals surface area contributed by atoms with Crippen LogP contribution >= 0.6 is 22.9 Å². The molecule has 1 aliphatic rings. The molecule has 2 heterocycles. The van der Waals surface area contributed by atoms with Crippen LogP contribution in [0.2, 0.25) is 4.47 Å². The van der Waals surface area contributed by atoms with Crippen LogP contribution in [0.4, 0.5) is 5.69 Å². The fourth-order valence-electron chi connectivity index (χ4n) is 2.59. The van der Waals surface area contributed by atoms with Gasteiger partial charge in [-0.2, -0.15) is 0 Å². The Bertz CT molecular complexity index is 696. The van der Waals surface area contributed by atoms with Crippen LogP contribution in [0.25, 0.3) is 0 Å². The van der Waals surface area contributed by atoms with Gasteiger partial charge in [-0.3, -0.25) is 4.79 Å². The fourth-order valence-corrected chi connectivity index (χ4v) is 3.51. The minimum absolute atomic E-state index is 0.0707. The summed E-state index contributed by atoms with van der Waals surface area (Å²) in [5.41, 5.74) is 2.78. The third-order valence-corrected chi connectivity index (χ3v) is 4.94. The number of nitrogens with zero attached hydrogens (tertiary/aromatic N) is 1. The molecule has 0 unspecified atom stereocenters. The van der Waals surface area contributed by atoms with Gasteiger partial charge in [-0.05, 0) is 31.0 Å². The average molecular weight is 322 g/mol. The highest BCUT2D eigenvalue weighted by molar-refractivity contribution is 7.15. The Morgan fingerprint density at radius 2 is 2.29 bits per heavy atom. The Labute approximate surface area is 132 Å². The molecule has 110 valence electrons. The number of nitrogens with one attached hydrogen (secondary N) is 2. The second-order valence-electron chi connectivity index (χ2n) is 5.57. The van der Waals surface area contributed by atoms with E-state index in [1.165, 1.54) is 11.3 Å². The molecule has 1 aromatic carbocycles. The Morgan fingerprint density at radius 1 is 1.48 bits per heavy atom. The number of hydrogen-bond acceptors (Lipinski definition) is 4. The van der Waals surface area contributed by atoms with E-state index >= 15 is 0 Å². The summed E-state index contributed by atoms with van der Waals surface area (Å²) in [6, 6.07) is 6.05. The monoisotopic (exact) mass is 321 g/mol. The zero-order valence-corrected chi connectivity index (χ0v) is 13.4. The number of rotatable bonds is 3. The molecular formula is C15H16ClN3OS. The number of fused-ring (bicyclic) bond motifs is 1. The van der Waals surface area contributed by atoms with Gasteiger partial charge in [0, 0.05) is 23.3 Å². The van der Waals surface area contributed by atoms with E-state index in [1.54, 1.807) is 6.20 Å². The van der Waals surface area contributed by atoms with Crippen LogP contribution in [0.5, 0.6) is 0 Å². The summed E-state index contributed by atoms with van der Waals surface area (Å²) in [6.45, 7) is 5.14. The van der Waals surface area contributed by atoms with Crippen LogP contribution in [-0.4, -0.2) is 10.9 Å². The number of hydrogen-bond donors (Lipinski definition) is 2. The minimum Gasteiger partial charge on any atom is -0.380 e. The number of amides is 1. The number of halogens is 1. The highest BCUT2D eigenvalue weighted by atomic mass is 35.5. The van der Waals surface area contributed by atoms with E-state index in [2.05, 4.69) is 15.6 Å². The third-order valence-electron chi connectivity index (χ3n) is 3.82. The molecule has 2 aromatic rings. The van der Waals surface area contributed by atoms with Gasteiger partial charge < -0.3 is 10.6 Å². The van der Waals surface area contributed by atoms with E-state index < -0.39 is 5.41 Å². The van der Waals surface area contributed by atoms with Crippen LogP contribution in [-0.2, 0) is 23.3 Å². The van der Waals surface area contributed by atoms with Gasteiger partial charge in [0.2, 0.25) is 5.91 Å². The molecule has 0 fully saturated rings. The zero-order chi connectivity index (χ0) is 15.0. The second kappa shape index (κ2) is 5.31. The van der Waals surface area contributed by atoms with Crippen molar-refractivity contribution in [3.05, 3.63) is 44.9 Å². The maximum Gasteiger partial charge on any atom is 0.230 e. The molecule has 0 bridgehead atoms. The lowest BCUT2D eigenvalue weighted by Gasteiger charge is -2.33. The van der Waals surface area contributed by atoms with Crippen molar-refractivity contribution < 1.29 is 4.79 Å². The van der Waals surface area contributed by atoms with Crippen molar-refractivity contribution in [2.75, 3.05) is 5.32 Å². The predicted octanol–water partition coefficient (Wildman–Crippen LogP) is 3.32. The van der Waals surface area contributed by atoms with Crippen molar-refractivity contribution in [2.45, 2.75) is 32.4 Å². The lowest BCUT2D eigenvalue weighted by atomic mass is 9.78. The van der Waals surface area contributed by atoms with Crippen LogP contribution in [0.1, 0.15) is 29.9 Å². The first-order valence-electron chi connectivity index (χ1n) is 6.73. The van der Waals surface area contributed by atoms with Crippen molar-refractivity contribution in [3.8, 4) is 0 Å². The maximum atomic E-state index is 12.0. The summed E-state index contributed by atoms with van der Waals surface area (Å²) < 4.78 is 0.551. The lowest BCUT2D eigenvalue weighted by molar-refractivity contribution is -0.126. The van der Waals surface area contributed by atoms with Crippen molar-refractivity contribution in [3.63, 3.8) is 0 Å². The van der Waals surface area contributed by atoms with Gasteiger partial charge in [0.05, 0.1) is 12.0 Å². The number of carbonyl (C=O) groups is 1. The largest absolute Gasteiger partial charge is 0.380 e. The first kappa shape index (κ1) is 14.4. The first-order chi connectivity index (χ1) is 9.98. The van der Waals surface area contributed by atoms with Crippen LogP contribution in [0.3, 0.4) is 0 Å². The Hall–Kier alpha value is -1.59. The molecule has 0 aliphatic carbocycles. The highest BCUT2D eigenvalue weighted by Gasteiger charge is 2.36. The van der Waals surface area contributed by atoms with E-state index in [4.69, 9.17) is 11.6 Å². The molecule has 2 N–H and O–H groups in total. The smallest absolute Gasteiger partial charge is 0.230 e. The van der Waals surface area contributed by atoms with E-state index in [-0.39, 0.29) is 5.91 Å². The molecule has 0 radical (unpaired) electrons. The molecule has 1 aromatic heterocycles. The average Bonchev–Trinajstić information content (AvgIpc) is 2.87. The first-order valence-corrected chi connectivity index (χ1v) is 7.92. The fraction of sp³-hybridized carbons (Fsp3) is 0.333. The molecular weight excluding hydrogens is 306 g/mol. The van der Waals surface area contributed by atoms with Crippen molar-refractivity contribution in [1.29, 1.82) is 0 Å². The molecule has 0 saturated carbocycles. The molecule has 1 aliphatic heterocycles. The van der Waals surface area contributed by atoms with Crippen LogP contribution in [0, 0.1) is 0 Å². The van der Waals surface area contributed by atoms with E-state index in [9.17, 15) is 4.79 Å². The van der Waals surface area contributed by atoms with Gasteiger partial charge in [0.15, 0.2) is 4.47 Å². The molecule has 0 saturated heterocycles. The molecule has 3 rings (SSSR count). The van der Waals surface area contributed by atoms with Gasteiger partial charge in [-0.1, -0.05) is 23.7 Å². The lowest BCUT2D eigenvalue weighted by Crippen LogP contribution is -2.44. The molecule has 6 heteroatoms. The number of benzene rings is 1. The topological polar surface area (TPSA) is 54.0 Å². The van der Waals surface area contributed by atoms with Gasteiger partial charge in [-0.15, -0.1) is 11.3 Å². The summed E-state index contributed by atoms with van der Waals surface area (Å²) >= 11 is 7.31. The third kappa shape index (κ3) is 2.63. The summed E-state index contributed by atoms with van der Waals surface area (Å²) in [7, 11) is 0. The standard InChI is InChI=1S/C15H16ClN3OS/c1-15(2)11-4-3-5-12(10(11)8-18-13(15)20)17-6-9-7-19-14(16)21-9/h3-5,7,17H,6,8H2,1-2H3,(H,18,20). The van der Waals surface area contributed by atoms with Crippen LogP contribution in [0.15, 0.2) is 24.4 Å². The van der Waals surface area contributed by atoms with Crippen molar-refractivity contribution in [1.82, 2.24) is 10.3 Å². The SMILES string of the molecule is CC1(C)C(=O)NCc2c(NCc3cnc(Cl)s3)cccc21. The molecule has 0 spiro atoms. The molecule has 1 amide bonds. The van der Waals surface area contributed by atoms with E-state index in [0.29, 0.717) is 17.6 Å². The zero-order valence-electron chi connectivity index (χ0n) is 11.9. The maximum absolute atomic E-state index is 12.0. The van der Waals surface area contributed by atoms with Gasteiger partial charge in [0.1, 0.15) is 0 Å². The molecule has 21 heavy (non-hydrogen) atoms. The summed E-state index contributed by atoms with van der Waals surface area (Å²) in [5.74, 6) is 0.0707. The number of aromatic nitrogens is 1. The molecule has 0 atom stereocenters. The molecule has 4 nitrogen and oxygen atoms in total. The predicted molar refractivity (Wildman–Crippen MR) is 85.8 cm³/mol. The number of thiazole rings is 1. The van der Waals surface area contributed by atoms with Gasteiger partial charge in [0.25, 0.3) is 0 Å². The Balaban J connectivity index is 1.87. The number of carbonyl (C=O) groups excluding carboxylic acids is 1.